The van der Waals surface area contributed by atoms with Crippen molar-refractivity contribution in [3.63, 3.8) is 0 Å². The Bertz CT molecular complexity index is 709. The van der Waals surface area contributed by atoms with E-state index in [1.165, 1.54) is 0 Å². The van der Waals surface area contributed by atoms with E-state index < -0.39 is 0 Å². The number of nitrogens with one attached hydrogen (secondary N) is 1. The molecule has 0 fully saturated rings. The molecule has 126 valence electrons. The van der Waals surface area contributed by atoms with Gasteiger partial charge in [-0.2, -0.15) is 0 Å². The van der Waals surface area contributed by atoms with Crippen molar-refractivity contribution in [1.82, 2.24) is 5.32 Å². The molecule has 0 spiro atoms. The van der Waals surface area contributed by atoms with Crippen molar-refractivity contribution in [3.8, 4) is 5.75 Å². The molecular weight excluding hydrogens is 426 g/mol. The van der Waals surface area contributed by atoms with E-state index >= 15 is 0 Å². The summed E-state index contributed by atoms with van der Waals surface area (Å²) >= 11 is 6.57. The van der Waals surface area contributed by atoms with Gasteiger partial charge in [-0.1, -0.05) is 26.7 Å². The van der Waals surface area contributed by atoms with Crippen molar-refractivity contribution in [2.75, 3.05) is 0 Å². The quantitative estimate of drug-likeness (QED) is 0.606. The van der Waals surface area contributed by atoms with Crippen LogP contribution in [0.25, 0.3) is 11.0 Å². The number of aromatic hydroxyl groups is 1. The SMILES string of the molecule is CC(C)CCCC(C)NC(=O)c1cc2c(Br)c(O)c(Br)cc2o1. The minimum atomic E-state index is -0.235. The fourth-order valence-electron chi connectivity index (χ4n) is 2.41. The van der Waals surface area contributed by atoms with E-state index in [2.05, 4.69) is 51.0 Å². The molecule has 1 amide bonds. The van der Waals surface area contributed by atoms with Crippen molar-refractivity contribution in [2.24, 2.45) is 5.92 Å². The lowest BCUT2D eigenvalue weighted by atomic mass is 10.0. The van der Waals surface area contributed by atoms with Gasteiger partial charge >= 0.3 is 0 Å². The largest absolute Gasteiger partial charge is 0.506 e. The van der Waals surface area contributed by atoms with E-state index in [4.69, 9.17) is 4.42 Å². The zero-order valence-corrected chi connectivity index (χ0v) is 16.6. The molecule has 0 bridgehead atoms. The average Bonchev–Trinajstić information content (AvgIpc) is 2.88. The molecule has 23 heavy (non-hydrogen) atoms. The maximum Gasteiger partial charge on any atom is 0.287 e. The molecule has 1 aromatic heterocycles. The maximum absolute atomic E-state index is 12.3. The van der Waals surface area contributed by atoms with Gasteiger partial charge in [-0.15, -0.1) is 0 Å². The molecule has 4 nitrogen and oxygen atoms in total. The molecule has 1 heterocycles. The van der Waals surface area contributed by atoms with Gasteiger partial charge in [0, 0.05) is 11.4 Å². The van der Waals surface area contributed by atoms with E-state index in [0.29, 0.717) is 25.8 Å². The molecule has 0 saturated carbocycles. The van der Waals surface area contributed by atoms with Gasteiger partial charge in [0.15, 0.2) is 5.76 Å². The Labute approximate surface area is 152 Å². The van der Waals surface area contributed by atoms with Crippen LogP contribution in [0.2, 0.25) is 0 Å². The van der Waals surface area contributed by atoms with Crippen molar-refractivity contribution < 1.29 is 14.3 Å². The van der Waals surface area contributed by atoms with Gasteiger partial charge in [0.25, 0.3) is 5.91 Å². The summed E-state index contributed by atoms with van der Waals surface area (Å²) in [6, 6.07) is 3.39. The number of phenols is 1. The number of carbonyl (C=O) groups is 1. The number of fused-ring (bicyclic) bond motifs is 1. The van der Waals surface area contributed by atoms with Crippen LogP contribution >= 0.6 is 31.9 Å². The summed E-state index contributed by atoms with van der Waals surface area (Å²) in [6.45, 7) is 6.39. The second kappa shape index (κ2) is 7.71. The minimum Gasteiger partial charge on any atom is -0.506 e. The van der Waals surface area contributed by atoms with Crippen LogP contribution in [0.5, 0.6) is 5.75 Å². The van der Waals surface area contributed by atoms with E-state index in [0.717, 1.165) is 19.3 Å². The predicted molar refractivity (Wildman–Crippen MR) is 98.9 cm³/mol. The number of furan rings is 1. The first-order chi connectivity index (χ1) is 10.8. The molecule has 2 aromatic rings. The lowest BCUT2D eigenvalue weighted by molar-refractivity contribution is 0.0912. The van der Waals surface area contributed by atoms with Crippen molar-refractivity contribution in [1.29, 1.82) is 0 Å². The van der Waals surface area contributed by atoms with Crippen LogP contribution in [0.3, 0.4) is 0 Å². The normalized spacial score (nSPS) is 12.8. The molecular formula is C17H21Br2NO3. The Kier molecular flexibility index (Phi) is 6.14. The van der Waals surface area contributed by atoms with Crippen molar-refractivity contribution >= 4 is 48.7 Å². The fourth-order valence-corrected chi connectivity index (χ4v) is 3.61. The Morgan fingerprint density at radius 2 is 1.96 bits per heavy atom. The van der Waals surface area contributed by atoms with Gasteiger partial charge in [-0.3, -0.25) is 4.79 Å². The van der Waals surface area contributed by atoms with E-state index in [9.17, 15) is 9.90 Å². The number of phenolic OH excluding ortho intramolecular Hbond substituents is 1. The molecule has 0 radical (unpaired) electrons. The van der Waals surface area contributed by atoms with Gasteiger partial charge in [-0.05, 0) is 63.3 Å². The van der Waals surface area contributed by atoms with Crippen LogP contribution in [0.15, 0.2) is 25.5 Å². The second-order valence-electron chi connectivity index (χ2n) is 6.24. The Morgan fingerprint density at radius 3 is 2.61 bits per heavy atom. The topological polar surface area (TPSA) is 62.5 Å². The molecule has 0 saturated heterocycles. The standard InChI is InChI=1S/C17H21Br2NO3/c1-9(2)5-4-6-10(3)20-17(22)14-7-11-13(23-14)8-12(18)16(21)15(11)19/h7-10,21H,4-6H2,1-3H3,(H,20,22). The summed E-state index contributed by atoms with van der Waals surface area (Å²) < 4.78 is 6.63. The first-order valence-corrected chi connectivity index (χ1v) is 9.29. The van der Waals surface area contributed by atoms with Crippen LogP contribution in [-0.4, -0.2) is 17.1 Å². The number of amides is 1. The highest BCUT2D eigenvalue weighted by atomic mass is 79.9. The Balaban J connectivity index is 2.08. The van der Waals surface area contributed by atoms with Crippen molar-refractivity contribution in [2.45, 2.75) is 46.1 Å². The van der Waals surface area contributed by atoms with Crippen LogP contribution < -0.4 is 5.32 Å². The lowest BCUT2D eigenvalue weighted by Crippen LogP contribution is -2.32. The summed E-state index contributed by atoms with van der Waals surface area (Å²) in [5, 5.41) is 13.5. The van der Waals surface area contributed by atoms with Crippen LogP contribution in [0.1, 0.15) is 50.6 Å². The average molecular weight is 447 g/mol. The highest BCUT2D eigenvalue weighted by Crippen LogP contribution is 2.39. The molecule has 1 atom stereocenters. The molecule has 1 unspecified atom stereocenters. The summed E-state index contributed by atoms with van der Waals surface area (Å²) in [4.78, 5) is 12.3. The summed E-state index contributed by atoms with van der Waals surface area (Å²) in [5.74, 6) is 0.777. The molecule has 0 aliphatic rings. The third kappa shape index (κ3) is 4.51. The molecule has 2 rings (SSSR count). The number of rotatable bonds is 6. The predicted octanol–water partition coefficient (Wildman–Crippen LogP) is 5.61. The number of carbonyl (C=O) groups excluding carboxylic acids is 1. The Hall–Kier alpha value is -1.01. The van der Waals surface area contributed by atoms with Gasteiger partial charge in [0.2, 0.25) is 0 Å². The first-order valence-electron chi connectivity index (χ1n) is 7.71. The van der Waals surface area contributed by atoms with Gasteiger partial charge in [-0.25, -0.2) is 0 Å². The number of halogens is 2. The van der Waals surface area contributed by atoms with Gasteiger partial charge in [0.1, 0.15) is 11.3 Å². The number of hydrogen-bond acceptors (Lipinski definition) is 3. The molecule has 0 aliphatic heterocycles. The number of hydrogen-bond donors (Lipinski definition) is 2. The molecule has 2 N–H and O–H groups in total. The molecule has 6 heteroatoms. The maximum atomic E-state index is 12.3. The highest BCUT2D eigenvalue weighted by Gasteiger charge is 2.18. The summed E-state index contributed by atoms with van der Waals surface area (Å²) in [7, 11) is 0. The first kappa shape index (κ1) is 18.3. The molecule has 1 aromatic carbocycles. The van der Waals surface area contributed by atoms with E-state index in [1.54, 1.807) is 12.1 Å². The third-order valence-corrected chi connectivity index (χ3v) is 5.12. The smallest absolute Gasteiger partial charge is 0.287 e. The van der Waals surface area contributed by atoms with E-state index in [-0.39, 0.29) is 23.5 Å². The van der Waals surface area contributed by atoms with Crippen LogP contribution in [-0.2, 0) is 0 Å². The van der Waals surface area contributed by atoms with Crippen LogP contribution in [0, 0.1) is 5.92 Å². The lowest BCUT2D eigenvalue weighted by Gasteiger charge is -2.13. The van der Waals surface area contributed by atoms with Crippen LogP contribution in [0.4, 0.5) is 0 Å². The molecule has 0 aliphatic carbocycles. The Morgan fingerprint density at radius 1 is 1.26 bits per heavy atom. The zero-order chi connectivity index (χ0) is 17.1. The zero-order valence-electron chi connectivity index (χ0n) is 13.5. The van der Waals surface area contributed by atoms with Gasteiger partial charge < -0.3 is 14.8 Å². The number of benzene rings is 1. The summed E-state index contributed by atoms with van der Waals surface area (Å²) in [5.41, 5.74) is 0.541. The minimum absolute atomic E-state index is 0.0901. The van der Waals surface area contributed by atoms with E-state index in [1.807, 2.05) is 6.92 Å². The van der Waals surface area contributed by atoms with Gasteiger partial charge in [0.05, 0.1) is 8.95 Å². The third-order valence-electron chi connectivity index (χ3n) is 3.71. The summed E-state index contributed by atoms with van der Waals surface area (Å²) in [6.07, 6.45) is 3.19. The highest BCUT2D eigenvalue weighted by molar-refractivity contribution is 9.11. The monoisotopic (exact) mass is 445 g/mol. The second-order valence-corrected chi connectivity index (χ2v) is 7.89. The fraction of sp³-hybridized carbons (Fsp3) is 0.471. The van der Waals surface area contributed by atoms with Crippen molar-refractivity contribution in [3.05, 3.63) is 26.8 Å².